The van der Waals surface area contributed by atoms with Crippen molar-refractivity contribution in [3.8, 4) is 0 Å². The first-order chi connectivity index (χ1) is 13.0. The van der Waals surface area contributed by atoms with Crippen molar-refractivity contribution in [2.24, 2.45) is 0 Å². The van der Waals surface area contributed by atoms with Crippen molar-refractivity contribution in [1.82, 2.24) is 5.06 Å². The van der Waals surface area contributed by atoms with Crippen LogP contribution < -0.4 is 0 Å². The first kappa shape index (κ1) is 17.3. The summed E-state index contributed by atoms with van der Waals surface area (Å²) in [5.74, 6) is -1.05. The van der Waals surface area contributed by atoms with Crippen molar-refractivity contribution in [2.75, 3.05) is 0 Å². The van der Waals surface area contributed by atoms with Crippen molar-refractivity contribution in [3.63, 3.8) is 0 Å². The standard InChI is InChI=1S/C20H22NO6/c1-20(2)25-17-15(23-11-12-6-4-3-5-7-12)16(24-19(17)26-20)18(22)21-13-8-9-14(10-13)27-21/h3-8,13-17,19H,10-11H2,1-2H3/q+1/t13?,14?,15-,16-,17+,19+/m0/s1. The van der Waals surface area contributed by atoms with Gasteiger partial charge in [-0.3, -0.25) is 4.79 Å². The molecule has 142 valence electrons. The largest absolute Gasteiger partial charge is 0.367 e. The van der Waals surface area contributed by atoms with Gasteiger partial charge in [-0.05, 0) is 19.4 Å². The summed E-state index contributed by atoms with van der Waals surface area (Å²) < 4.78 is 23.8. The predicted molar refractivity (Wildman–Crippen MR) is 91.7 cm³/mol. The Morgan fingerprint density at radius 3 is 2.81 bits per heavy atom. The number of ether oxygens (including phenoxy) is 4. The number of benzene rings is 1. The predicted octanol–water partition coefficient (Wildman–Crippen LogP) is 1.72. The van der Waals surface area contributed by atoms with Gasteiger partial charge in [-0.25, -0.2) is 9.90 Å². The molecule has 7 nitrogen and oxygen atoms in total. The zero-order valence-corrected chi connectivity index (χ0v) is 15.2. The number of rotatable bonds is 4. The SMILES string of the molecule is CC1(C)O[C@H]2O[C@H](C(=O)N3OC4[C+]=CC3C4)[C@H](OCc3ccccc3)[C@H]2O1. The van der Waals surface area contributed by atoms with Crippen LogP contribution in [0.25, 0.3) is 0 Å². The Balaban J connectivity index is 1.35. The number of hydroxylamine groups is 2. The second kappa shape index (κ2) is 6.34. The van der Waals surface area contributed by atoms with Gasteiger partial charge in [0.05, 0.1) is 13.0 Å². The zero-order valence-electron chi connectivity index (χ0n) is 15.2. The molecule has 1 aromatic rings. The molecule has 1 aromatic carbocycles. The molecule has 0 radical (unpaired) electrons. The van der Waals surface area contributed by atoms with Crippen LogP contribution in [0, 0.1) is 6.08 Å². The molecule has 0 N–H and O–H groups in total. The molecule has 7 heteroatoms. The van der Waals surface area contributed by atoms with Gasteiger partial charge in [-0.15, -0.1) is 0 Å². The van der Waals surface area contributed by atoms with Crippen LogP contribution in [0.1, 0.15) is 25.8 Å². The Labute approximate surface area is 157 Å². The lowest BCUT2D eigenvalue weighted by atomic mass is 10.1. The van der Waals surface area contributed by atoms with Gasteiger partial charge in [0.25, 0.3) is 18.1 Å². The summed E-state index contributed by atoms with van der Waals surface area (Å²) in [6, 6.07) is 9.70. The minimum Gasteiger partial charge on any atom is -0.367 e. The van der Waals surface area contributed by atoms with E-state index in [4.69, 9.17) is 23.8 Å². The van der Waals surface area contributed by atoms with Crippen molar-refractivity contribution < 1.29 is 28.6 Å². The summed E-state index contributed by atoms with van der Waals surface area (Å²) in [7, 11) is 0. The van der Waals surface area contributed by atoms with Crippen LogP contribution in [0.3, 0.4) is 0 Å². The molecule has 1 amide bonds. The highest BCUT2D eigenvalue weighted by Crippen LogP contribution is 2.40. The lowest BCUT2D eigenvalue weighted by Gasteiger charge is -2.28. The molecule has 3 aliphatic heterocycles. The van der Waals surface area contributed by atoms with E-state index in [1.807, 2.05) is 50.3 Å². The zero-order chi connectivity index (χ0) is 18.6. The van der Waals surface area contributed by atoms with Gasteiger partial charge in [-0.2, -0.15) is 0 Å². The summed E-state index contributed by atoms with van der Waals surface area (Å²) in [6.07, 6.45) is 2.99. The lowest BCUT2D eigenvalue weighted by molar-refractivity contribution is -0.233. The normalized spacial score (nSPS) is 38.2. The van der Waals surface area contributed by atoms with E-state index in [2.05, 4.69) is 6.08 Å². The molecule has 0 spiro atoms. The minimum atomic E-state index is -0.840. The van der Waals surface area contributed by atoms with Gasteiger partial charge < -0.3 is 18.9 Å². The summed E-state index contributed by atoms with van der Waals surface area (Å²) in [5, 5.41) is 1.39. The Hall–Kier alpha value is -1.86. The molecule has 3 fully saturated rings. The Morgan fingerprint density at radius 2 is 2.11 bits per heavy atom. The number of amides is 1. The third kappa shape index (κ3) is 3.06. The second-order valence-corrected chi connectivity index (χ2v) is 7.68. The molecule has 0 aromatic heterocycles. The fourth-order valence-electron chi connectivity index (χ4n) is 3.99. The fourth-order valence-corrected chi connectivity index (χ4v) is 3.99. The van der Waals surface area contributed by atoms with Crippen LogP contribution in [-0.4, -0.2) is 53.5 Å². The average molecular weight is 372 g/mol. The average Bonchev–Trinajstić information content (AvgIpc) is 3.40. The molecule has 0 saturated carbocycles. The molecular formula is C20H22NO6+. The highest BCUT2D eigenvalue weighted by atomic mass is 16.8. The van der Waals surface area contributed by atoms with Gasteiger partial charge in [0.15, 0.2) is 24.3 Å². The quantitative estimate of drug-likeness (QED) is 0.750. The summed E-state index contributed by atoms with van der Waals surface area (Å²) >= 11 is 0. The van der Waals surface area contributed by atoms with Gasteiger partial charge >= 0.3 is 0 Å². The van der Waals surface area contributed by atoms with E-state index in [-0.39, 0.29) is 18.1 Å². The number of hydrogen-bond donors (Lipinski definition) is 0. The maximum Gasteiger partial charge on any atom is 0.300 e. The Morgan fingerprint density at radius 1 is 1.30 bits per heavy atom. The molecule has 3 heterocycles. The molecule has 6 atom stereocenters. The highest BCUT2D eigenvalue weighted by molar-refractivity contribution is 5.82. The maximum absolute atomic E-state index is 13.1. The summed E-state index contributed by atoms with van der Waals surface area (Å²) in [6.45, 7) is 4.00. The molecule has 4 aliphatic rings. The van der Waals surface area contributed by atoms with E-state index in [0.29, 0.717) is 6.61 Å². The maximum atomic E-state index is 13.1. The molecule has 3 saturated heterocycles. The summed E-state index contributed by atoms with van der Waals surface area (Å²) in [5.41, 5.74) is 1.01. The highest BCUT2D eigenvalue weighted by Gasteiger charge is 2.60. The van der Waals surface area contributed by atoms with Crippen LogP contribution in [0.2, 0.25) is 0 Å². The van der Waals surface area contributed by atoms with Gasteiger partial charge in [0.2, 0.25) is 0 Å². The van der Waals surface area contributed by atoms with Crippen molar-refractivity contribution in [2.45, 2.75) is 69.4 Å². The van der Waals surface area contributed by atoms with E-state index in [1.165, 1.54) is 5.06 Å². The smallest absolute Gasteiger partial charge is 0.300 e. The topological polar surface area (TPSA) is 66.5 Å². The molecule has 27 heavy (non-hydrogen) atoms. The van der Waals surface area contributed by atoms with Gasteiger partial charge in [0.1, 0.15) is 18.2 Å². The fraction of sp³-hybridized carbons (Fsp3) is 0.550. The van der Waals surface area contributed by atoms with Gasteiger partial charge in [-0.1, -0.05) is 30.3 Å². The number of hydrogen-bond acceptors (Lipinski definition) is 6. The third-order valence-electron chi connectivity index (χ3n) is 5.21. The molecule has 1 aliphatic carbocycles. The number of nitrogens with zero attached hydrogens (tertiary/aromatic N) is 1. The molecule has 2 bridgehead atoms. The first-order valence-electron chi connectivity index (χ1n) is 9.26. The molecular weight excluding hydrogens is 350 g/mol. The summed E-state index contributed by atoms with van der Waals surface area (Å²) in [4.78, 5) is 18.7. The van der Waals surface area contributed by atoms with E-state index in [0.717, 1.165) is 12.0 Å². The minimum absolute atomic E-state index is 0.0976. The van der Waals surface area contributed by atoms with Crippen molar-refractivity contribution in [1.29, 1.82) is 0 Å². The molecule has 5 rings (SSSR count). The molecule has 2 unspecified atom stereocenters. The number of fused-ring (bicyclic) bond motifs is 3. The Kier molecular flexibility index (Phi) is 4.05. The van der Waals surface area contributed by atoms with Crippen molar-refractivity contribution >= 4 is 5.91 Å². The lowest BCUT2D eigenvalue weighted by Crippen LogP contribution is -2.48. The first-order valence-corrected chi connectivity index (χ1v) is 9.26. The van der Waals surface area contributed by atoms with Gasteiger partial charge in [0, 0.05) is 0 Å². The Bertz CT molecular complexity index is 750. The van der Waals surface area contributed by atoms with Crippen LogP contribution in [0.4, 0.5) is 0 Å². The van der Waals surface area contributed by atoms with E-state index >= 15 is 0 Å². The van der Waals surface area contributed by atoms with E-state index in [9.17, 15) is 4.79 Å². The van der Waals surface area contributed by atoms with Crippen LogP contribution in [0.5, 0.6) is 0 Å². The third-order valence-corrected chi connectivity index (χ3v) is 5.21. The monoisotopic (exact) mass is 372 g/mol. The second-order valence-electron chi connectivity index (χ2n) is 7.68. The number of carbonyl (C=O) groups excluding carboxylic acids is 1. The van der Waals surface area contributed by atoms with Crippen molar-refractivity contribution in [3.05, 3.63) is 48.0 Å². The number of carbonyl (C=O) groups is 1. The van der Waals surface area contributed by atoms with E-state index in [1.54, 1.807) is 0 Å². The van der Waals surface area contributed by atoms with Crippen LogP contribution in [0.15, 0.2) is 36.4 Å². The van der Waals surface area contributed by atoms with Crippen LogP contribution >= 0.6 is 0 Å². The van der Waals surface area contributed by atoms with E-state index < -0.39 is 30.4 Å². The van der Waals surface area contributed by atoms with Crippen LogP contribution in [-0.2, 0) is 35.2 Å².